The van der Waals surface area contributed by atoms with Crippen LogP contribution in [0.25, 0.3) is 6.08 Å². The maximum atomic E-state index is 11.1. The second kappa shape index (κ2) is 4.96. The van der Waals surface area contributed by atoms with Crippen LogP contribution in [0.5, 0.6) is 0 Å². The van der Waals surface area contributed by atoms with Crippen LogP contribution >= 0.6 is 0 Å². The molecule has 0 radical (unpaired) electrons. The van der Waals surface area contributed by atoms with Crippen molar-refractivity contribution in [3.63, 3.8) is 0 Å². The smallest absolute Gasteiger partial charge is 0.433 e. The first kappa shape index (κ1) is 11.8. The molecule has 0 bridgehead atoms. The molecule has 0 aliphatic rings. The predicted octanol–water partition coefficient (Wildman–Crippen LogP) is 1.05. The molecule has 16 heavy (non-hydrogen) atoms. The van der Waals surface area contributed by atoms with Gasteiger partial charge in [-0.25, -0.2) is 4.79 Å². The third kappa shape index (κ3) is 2.84. The monoisotopic (exact) mass is 226 g/mol. The molecular formula is C9H10N2O5. The van der Waals surface area contributed by atoms with Gasteiger partial charge in [-0.05, 0) is 13.0 Å². The summed E-state index contributed by atoms with van der Waals surface area (Å²) in [6, 6.07) is 2.51. The molecule has 0 aromatic carbocycles. The Kier molecular flexibility index (Phi) is 3.65. The van der Waals surface area contributed by atoms with Gasteiger partial charge in [0.05, 0.1) is 12.7 Å². The summed E-state index contributed by atoms with van der Waals surface area (Å²) in [5, 5.41) is 10.3. The number of hydrogen-bond donors (Lipinski definition) is 1. The molecule has 0 spiro atoms. The summed E-state index contributed by atoms with van der Waals surface area (Å²) < 4.78 is 9.40. The van der Waals surface area contributed by atoms with E-state index in [-0.39, 0.29) is 18.1 Å². The molecule has 1 aromatic rings. The van der Waals surface area contributed by atoms with Crippen LogP contribution < -0.4 is 5.73 Å². The molecule has 1 aromatic heterocycles. The van der Waals surface area contributed by atoms with Crippen LogP contribution in [0, 0.1) is 10.1 Å². The molecule has 0 aliphatic heterocycles. The molecule has 0 saturated carbocycles. The summed E-state index contributed by atoms with van der Waals surface area (Å²) in [4.78, 5) is 20.7. The first-order valence-electron chi connectivity index (χ1n) is 4.43. The van der Waals surface area contributed by atoms with Gasteiger partial charge < -0.3 is 14.9 Å². The summed E-state index contributed by atoms with van der Waals surface area (Å²) in [6.07, 6.45) is 1.17. The average molecular weight is 226 g/mol. The van der Waals surface area contributed by atoms with E-state index in [9.17, 15) is 14.9 Å². The molecule has 1 rings (SSSR count). The predicted molar refractivity (Wildman–Crippen MR) is 54.2 cm³/mol. The molecule has 0 aliphatic carbocycles. The third-order valence-electron chi connectivity index (χ3n) is 1.60. The van der Waals surface area contributed by atoms with E-state index in [1.807, 2.05) is 0 Å². The lowest BCUT2D eigenvalue weighted by Crippen LogP contribution is -2.14. The highest BCUT2D eigenvalue weighted by Gasteiger charge is 2.12. The molecule has 0 atom stereocenters. The second-order valence-corrected chi connectivity index (χ2v) is 2.75. The topological polar surface area (TPSA) is 109 Å². The highest BCUT2D eigenvalue weighted by molar-refractivity contribution is 5.92. The van der Waals surface area contributed by atoms with Crippen molar-refractivity contribution in [2.45, 2.75) is 6.92 Å². The van der Waals surface area contributed by atoms with Crippen LogP contribution in [0.3, 0.4) is 0 Å². The van der Waals surface area contributed by atoms with Gasteiger partial charge in [-0.3, -0.25) is 10.1 Å². The number of hydrogen-bond acceptors (Lipinski definition) is 6. The quantitative estimate of drug-likeness (QED) is 0.355. The maximum Gasteiger partial charge on any atom is 0.433 e. The lowest BCUT2D eigenvalue weighted by Gasteiger charge is -1.99. The van der Waals surface area contributed by atoms with Gasteiger partial charge in [-0.15, -0.1) is 0 Å². The fraction of sp³-hybridized carbons (Fsp3) is 0.222. The van der Waals surface area contributed by atoms with Crippen LogP contribution in [0.4, 0.5) is 5.88 Å². The Hall–Kier alpha value is -2.31. The van der Waals surface area contributed by atoms with Crippen molar-refractivity contribution in [3.8, 4) is 0 Å². The molecule has 2 N–H and O–H groups in total. The first-order chi connectivity index (χ1) is 7.54. The van der Waals surface area contributed by atoms with Gasteiger partial charge in [0.15, 0.2) is 0 Å². The van der Waals surface area contributed by atoms with Crippen molar-refractivity contribution in [2.24, 2.45) is 5.73 Å². The van der Waals surface area contributed by atoms with Gasteiger partial charge in [0.2, 0.25) is 0 Å². The minimum absolute atomic E-state index is 0.122. The van der Waals surface area contributed by atoms with Crippen LogP contribution in [-0.2, 0) is 9.53 Å². The second-order valence-electron chi connectivity index (χ2n) is 2.75. The molecule has 7 heteroatoms. The summed E-state index contributed by atoms with van der Waals surface area (Å²) in [5.41, 5.74) is 5.20. The van der Waals surface area contributed by atoms with E-state index >= 15 is 0 Å². The molecule has 0 fully saturated rings. The maximum absolute atomic E-state index is 11.1. The number of carbonyl (C=O) groups is 1. The average Bonchev–Trinajstić information content (AvgIpc) is 2.66. The van der Waals surface area contributed by atoms with Gasteiger partial charge in [0.25, 0.3) is 0 Å². The fourth-order valence-electron chi connectivity index (χ4n) is 0.945. The van der Waals surface area contributed by atoms with E-state index in [0.29, 0.717) is 0 Å². The Balaban J connectivity index is 2.81. The highest BCUT2D eigenvalue weighted by Crippen LogP contribution is 2.17. The third-order valence-corrected chi connectivity index (χ3v) is 1.60. The highest BCUT2D eigenvalue weighted by atomic mass is 16.6. The summed E-state index contributed by atoms with van der Waals surface area (Å²) in [6.45, 7) is 1.84. The summed E-state index contributed by atoms with van der Waals surface area (Å²) >= 11 is 0. The minimum Gasteiger partial charge on any atom is -0.461 e. The van der Waals surface area contributed by atoms with Crippen molar-refractivity contribution in [1.82, 2.24) is 0 Å². The minimum atomic E-state index is -0.693. The van der Waals surface area contributed by atoms with Gasteiger partial charge >= 0.3 is 11.9 Å². The Labute approximate surface area is 90.6 Å². The molecule has 0 unspecified atom stereocenters. The van der Waals surface area contributed by atoms with Crippen LogP contribution in [-0.4, -0.2) is 17.5 Å². The van der Waals surface area contributed by atoms with Crippen molar-refractivity contribution < 1.29 is 18.9 Å². The van der Waals surface area contributed by atoms with Gasteiger partial charge in [0, 0.05) is 6.08 Å². The lowest BCUT2D eigenvalue weighted by atomic mass is 10.3. The number of nitrogens with zero attached hydrogens (tertiary/aromatic N) is 1. The Morgan fingerprint density at radius 2 is 2.38 bits per heavy atom. The zero-order valence-corrected chi connectivity index (χ0v) is 8.50. The van der Waals surface area contributed by atoms with Crippen LogP contribution in [0.15, 0.2) is 22.2 Å². The van der Waals surface area contributed by atoms with Gasteiger partial charge in [0.1, 0.15) is 16.4 Å². The normalized spacial score (nSPS) is 11.2. The Bertz CT molecular complexity index is 435. The molecular weight excluding hydrogens is 216 g/mol. The Morgan fingerprint density at radius 3 is 2.88 bits per heavy atom. The molecule has 0 saturated heterocycles. The zero-order chi connectivity index (χ0) is 12.1. The number of rotatable bonds is 4. The molecule has 0 amide bonds. The zero-order valence-electron chi connectivity index (χ0n) is 8.50. The SMILES string of the molecule is CCOC(=O)/C(N)=C/c1ccc([N+](=O)[O-])o1. The van der Waals surface area contributed by atoms with E-state index in [0.717, 1.165) is 0 Å². The number of esters is 1. The Morgan fingerprint density at radius 1 is 1.69 bits per heavy atom. The number of furan rings is 1. The lowest BCUT2D eigenvalue weighted by molar-refractivity contribution is -0.402. The van der Waals surface area contributed by atoms with E-state index in [1.165, 1.54) is 18.2 Å². The standard InChI is InChI=1S/C9H10N2O5/c1-2-15-9(12)7(10)5-6-3-4-8(16-6)11(13)14/h3-5H,2,10H2,1H3/b7-5-. The molecule has 1 heterocycles. The van der Waals surface area contributed by atoms with E-state index in [2.05, 4.69) is 4.74 Å². The van der Waals surface area contributed by atoms with Crippen molar-refractivity contribution >= 4 is 17.9 Å². The largest absolute Gasteiger partial charge is 0.461 e. The summed E-state index contributed by atoms with van der Waals surface area (Å²) in [7, 11) is 0. The number of ether oxygens (including phenoxy) is 1. The van der Waals surface area contributed by atoms with Gasteiger partial charge in [-0.1, -0.05) is 0 Å². The summed E-state index contributed by atoms with van der Waals surface area (Å²) in [5.74, 6) is -0.985. The van der Waals surface area contributed by atoms with E-state index in [1.54, 1.807) is 6.92 Å². The number of nitro groups is 1. The van der Waals surface area contributed by atoms with E-state index < -0.39 is 16.8 Å². The number of nitrogens with two attached hydrogens (primary N) is 1. The molecule has 86 valence electrons. The van der Waals surface area contributed by atoms with Crippen molar-refractivity contribution in [2.75, 3.05) is 6.61 Å². The van der Waals surface area contributed by atoms with Crippen molar-refractivity contribution in [3.05, 3.63) is 33.7 Å². The molecule has 7 nitrogen and oxygen atoms in total. The van der Waals surface area contributed by atoms with Crippen LogP contribution in [0.2, 0.25) is 0 Å². The van der Waals surface area contributed by atoms with Gasteiger partial charge in [-0.2, -0.15) is 0 Å². The first-order valence-corrected chi connectivity index (χ1v) is 4.43. The fourth-order valence-corrected chi connectivity index (χ4v) is 0.945. The van der Waals surface area contributed by atoms with Crippen molar-refractivity contribution in [1.29, 1.82) is 0 Å². The number of carbonyl (C=O) groups excluding carboxylic acids is 1. The van der Waals surface area contributed by atoms with Crippen LogP contribution in [0.1, 0.15) is 12.7 Å². The van der Waals surface area contributed by atoms with E-state index in [4.69, 9.17) is 10.2 Å².